The van der Waals surface area contributed by atoms with Gasteiger partial charge in [0.1, 0.15) is 5.60 Å². The van der Waals surface area contributed by atoms with Crippen LogP contribution < -0.4 is 0 Å². The molecule has 2 nitrogen and oxygen atoms in total. The summed E-state index contributed by atoms with van der Waals surface area (Å²) in [6.45, 7) is 5.65. The Labute approximate surface area is 119 Å². The Morgan fingerprint density at radius 2 is 2.05 bits per heavy atom. The van der Waals surface area contributed by atoms with Gasteiger partial charge in [0, 0.05) is 0 Å². The molecule has 0 aromatic heterocycles. The van der Waals surface area contributed by atoms with Gasteiger partial charge in [0.15, 0.2) is 0 Å². The van der Waals surface area contributed by atoms with Gasteiger partial charge in [-0.25, -0.2) is 4.79 Å². The van der Waals surface area contributed by atoms with Gasteiger partial charge in [-0.2, -0.15) is 0 Å². The molecule has 0 unspecified atom stereocenters. The Kier molecular flexibility index (Phi) is 2.89. The molecule has 102 valence electrons. The van der Waals surface area contributed by atoms with E-state index in [9.17, 15) is 4.79 Å². The monoisotopic (exact) mass is 266 g/mol. The van der Waals surface area contributed by atoms with Crippen molar-refractivity contribution in [2.24, 2.45) is 0 Å². The lowest BCUT2D eigenvalue weighted by Gasteiger charge is -2.21. The molecular weight excluding hydrogens is 248 g/mol. The molecule has 0 heterocycles. The van der Waals surface area contributed by atoms with Crippen LogP contribution in [-0.2, 0) is 11.2 Å². The highest BCUT2D eigenvalue weighted by molar-refractivity contribution is 5.90. The molecule has 0 N–H and O–H groups in total. The third-order valence-electron chi connectivity index (χ3n) is 3.41. The minimum Gasteiger partial charge on any atom is -0.456 e. The molecule has 1 aromatic carbocycles. The van der Waals surface area contributed by atoms with Crippen LogP contribution in [0.3, 0.4) is 0 Å². The SMILES string of the molecule is CC(C)(C)OC(=O)c1ccc2c(c1)CC1=CC=CC1=C2. The van der Waals surface area contributed by atoms with Crippen molar-refractivity contribution in [3.05, 3.63) is 64.3 Å². The fraction of sp³-hybridized carbons (Fsp3) is 0.278. The summed E-state index contributed by atoms with van der Waals surface area (Å²) in [5, 5.41) is 0. The van der Waals surface area contributed by atoms with Gasteiger partial charge < -0.3 is 4.74 Å². The minimum atomic E-state index is -0.460. The molecule has 0 fully saturated rings. The topological polar surface area (TPSA) is 26.3 Å². The van der Waals surface area contributed by atoms with E-state index in [1.807, 2.05) is 39.0 Å². The number of carbonyl (C=O) groups is 1. The van der Waals surface area contributed by atoms with Crippen molar-refractivity contribution in [2.45, 2.75) is 32.8 Å². The molecule has 2 aliphatic rings. The number of hydrogen-bond donors (Lipinski definition) is 0. The number of rotatable bonds is 1. The van der Waals surface area contributed by atoms with Gasteiger partial charge >= 0.3 is 5.97 Å². The van der Waals surface area contributed by atoms with Crippen molar-refractivity contribution >= 4 is 12.0 Å². The average molecular weight is 266 g/mol. The van der Waals surface area contributed by atoms with Gasteiger partial charge in [-0.1, -0.05) is 24.3 Å². The number of esters is 1. The van der Waals surface area contributed by atoms with Crippen LogP contribution >= 0.6 is 0 Å². The van der Waals surface area contributed by atoms with Crippen molar-refractivity contribution in [2.75, 3.05) is 0 Å². The summed E-state index contributed by atoms with van der Waals surface area (Å²) >= 11 is 0. The molecule has 3 rings (SSSR count). The van der Waals surface area contributed by atoms with Crippen molar-refractivity contribution < 1.29 is 9.53 Å². The molecule has 1 aromatic rings. The van der Waals surface area contributed by atoms with Crippen molar-refractivity contribution in [3.63, 3.8) is 0 Å². The van der Waals surface area contributed by atoms with E-state index in [4.69, 9.17) is 4.74 Å². The van der Waals surface area contributed by atoms with Crippen molar-refractivity contribution in [3.8, 4) is 0 Å². The highest BCUT2D eigenvalue weighted by atomic mass is 16.6. The zero-order valence-corrected chi connectivity index (χ0v) is 12.1. The highest BCUT2D eigenvalue weighted by Crippen LogP contribution is 2.32. The molecule has 0 amide bonds. The van der Waals surface area contributed by atoms with E-state index in [1.54, 1.807) is 0 Å². The molecule has 0 bridgehead atoms. The van der Waals surface area contributed by atoms with Crippen LogP contribution in [-0.4, -0.2) is 11.6 Å². The molecule has 0 saturated carbocycles. The number of carbonyl (C=O) groups excluding carboxylic acids is 1. The number of ether oxygens (including phenoxy) is 1. The van der Waals surface area contributed by atoms with E-state index in [0.29, 0.717) is 5.56 Å². The second-order valence-electron chi connectivity index (χ2n) is 6.24. The lowest BCUT2D eigenvalue weighted by Crippen LogP contribution is -2.24. The van der Waals surface area contributed by atoms with Gasteiger partial charge in [0.05, 0.1) is 5.56 Å². The first-order valence-corrected chi connectivity index (χ1v) is 6.88. The van der Waals surface area contributed by atoms with Gasteiger partial charge in [-0.15, -0.1) is 0 Å². The van der Waals surface area contributed by atoms with Gasteiger partial charge in [0.25, 0.3) is 0 Å². The van der Waals surface area contributed by atoms with E-state index in [1.165, 1.54) is 22.3 Å². The van der Waals surface area contributed by atoms with Crippen LogP contribution in [0, 0.1) is 0 Å². The van der Waals surface area contributed by atoms with Crippen molar-refractivity contribution in [1.82, 2.24) is 0 Å². The standard InChI is InChI=1S/C18H18O2/c1-18(2,3)20-17(19)15-8-7-14-9-12-5-4-6-13(12)10-16(14)11-15/h4-9,11H,10H2,1-3H3. The summed E-state index contributed by atoms with van der Waals surface area (Å²) in [5.41, 5.74) is 5.14. The van der Waals surface area contributed by atoms with E-state index in [2.05, 4.69) is 24.3 Å². The van der Waals surface area contributed by atoms with E-state index < -0.39 is 5.60 Å². The number of benzene rings is 1. The fourth-order valence-corrected chi connectivity index (χ4v) is 2.51. The third-order valence-corrected chi connectivity index (χ3v) is 3.41. The van der Waals surface area contributed by atoms with Crippen LogP contribution in [0.4, 0.5) is 0 Å². The highest BCUT2D eigenvalue weighted by Gasteiger charge is 2.21. The maximum Gasteiger partial charge on any atom is 0.338 e. The van der Waals surface area contributed by atoms with Crippen LogP contribution in [0.15, 0.2) is 47.6 Å². The van der Waals surface area contributed by atoms with Gasteiger partial charge in [0.2, 0.25) is 0 Å². The number of hydrogen-bond acceptors (Lipinski definition) is 2. The number of allylic oxidation sites excluding steroid dienone is 5. The Morgan fingerprint density at radius 1 is 1.25 bits per heavy atom. The first-order chi connectivity index (χ1) is 9.42. The second-order valence-corrected chi connectivity index (χ2v) is 6.24. The van der Waals surface area contributed by atoms with Crippen LogP contribution in [0.5, 0.6) is 0 Å². The van der Waals surface area contributed by atoms with Crippen LogP contribution in [0.25, 0.3) is 6.08 Å². The largest absolute Gasteiger partial charge is 0.456 e. The molecule has 0 spiro atoms. The minimum absolute atomic E-state index is 0.256. The summed E-state index contributed by atoms with van der Waals surface area (Å²) in [6, 6.07) is 5.80. The van der Waals surface area contributed by atoms with Gasteiger partial charge in [-0.05, 0) is 67.7 Å². The zero-order valence-electron chi connectivity index (χ0n) is 12.1. The summed E-state index contributed by atoms with van der Waals surface area (Å²) in [4.78, 5) is 12.1. The van der Waals surface area contributed by atoms with E-state index in [-0.39, 0.29) is 5.97 Å². The molecule has 0 atom stereocenters. The van der Waals surface area contributed by atoms with Crippen molar-refractivity contribution in [1.29, 1.82) is 0 Å². The van der Waals surface area contributed by atoms with Crippen LogP contribution in [0.2, 0.25) is 0 Å². The average Bonchev–Trinajstić information content (AvgIpc) is 2.80. The van der Waals surface area contributed by atoms with Crippen LogP contribution in [0.1, 0.15) is 42.3 Å². The molecule has 0 radical (unpaired) electrons. The Bertz CT molecular complexity index is 667. The summed E-state index contributed by atoms with van der Waals surface area (Å²) in [5.74, 6) is -0.256. The molecule has 2 aliphatic carbocycles. The summed E-state index contributed by atoms with van der Waals surface area (Å²) in [7, 11) is 0. The molecular formula is C18H18O2. The lowest BCUT2D eigenvalue weighted by molar-refractivity contribution is 0.00694. The van der Waals surface area contributed by atoms with E-state index in [0.717, 1.165) is 6.42 Å². The molecule has 0 saturated heterocycles. The smallest absolute Gasteiger partial charge is 0.338 e. The number of fused-ring (bicyclic) bond motifs is 2. The quantitative estimate of drug-likeness (QED) is 0.716. The molecule has 0 aliphatic heterocycles. The predicted octanol–water partition coefficient (Wildman–Crippen LogP) is 4.08. The Morgan fingerprint density at radius 3 is 2.80 bits per heavy atom. The second kappa shape index (κ2) is 4.48. The first-order valence-electron chi connectivity index (χ1n) is 6.88. The third kappa shape index (κ3) is 2.46. The fourth-order valence-electron chi connectivity index (χ4n) is 2.51. The lowest BCUT2D eigenvalue weighted by atomic mass is 9.88. The predicted molar refractivity (Wildman–Crippen MR) is 80.5 cm³/mol. The van der Waals surface area contributed by atoms with E-state index >= 15 is 0 Å². The molecule has 20 heavy (non-hydrogen) atoms. The van der Waals surface area contributed by atoms with Gasteiger partial charge in [-0.3, -0.25) is 0 Å². The normalized spacial score (nSPS) is 16.1. The maximum absolute atomic E-state index is 12.1. The summed E-state index contributed by atoms with van der Waals surface area (Å²) < 4.78 is 5.42. The Balaban J connectivity index is 1.91. The first kappa shape index (κ1) is 12.9. The molecule has 2 heteroatoms. The Hall–Kier alpha value is -2.09. The maximum atomic E-state index is 12.1. The zero-order chi connectivity index (χ0) is 14.3. The summed E-state index contributed by atoms with van der Waals surface area (Å²) in [6.07, 6.45) is 9.38.